The lowest BCUT2D eigenvalue weighted by molar-refractivity contribution is 1.50. The van der Waals surface area contributed by atoms with Crippen molar-refractivity contribution in [2.45, 2.75) is 13.8 Å². The van der Waals surface area contributed by atoms with Gasteiger partial charge in [0.2, 0.25) is 0 Å². The van der Waals surface area contributed by atoms with E-state index in [1.165, 1.54) is 0 Å². The van der Waals surface area contributed by atoms with E-state index in [2.05, 4.69) is 15.9 Å². The summed E-state index contributed by atoms with van der Waals surface area (Å²) in [7, 11) is 0. The molecule has 62 valence electrons. The Labute approximate surface area is 80.7 Å². The summed E-state index contributed by atoms with van der Waals surface area (Å²) >= 11 is 8.86. The third kappa shape index (κ3) is 3.63. The highest BCUT2D eigenvalue weighted by Crippen LogP contribution is 2.22. The first-order valence-corrected chi connectivity index (χ1v) is 4.58. The van der Waals surface area contributed by atoms with Crippen molar-refractivity contribution < 1.29 is 0 Å². The fourth-order valence-electron chi connectivity index (χ4n) is 0.515. The average molecular weight is 237 g/mol. The molecule has 0 amide bonds. The third-order valence-electron chi connectivity index (χ3n) is 0.958. The van der Waals surface area contributed by atoms with Crippen LogP contribution in [0.1, 0.15) is 13.8 Å². The smallest absolute Gasteiger partial charge is 0.0473 e. The lowest BCUT2D eigenvalue weighted by atomic mass is 10.3. The van der Waals surface area contributed by atoms with E-state index in [9.17, 15) is 0 Å². The molecule has 0 aliphatic carbocycles. The minimum atomic E-state index is 0.663. The van der Waals surface area contributed by atoms with Gasteiger partial charge in [0.05, 0.1) is 0 Å². The van der Waals surface area contributed by atoms with Gasteiger partial charge in [-0.3, -0.25) is 0 Å². The van der Waals surface area contributed by atoms with Crippen LogP contribution in [0.4, 0.5) is 5.69 Å². The maximum Gasteiger partial charge on any atom is 0.0473 e. The molecular weight excluding hydrogens is 225 g/mol. The number of nitrogen functional groups attached to an aromatic ring is 1. The molecule has 0 bridgehead atoms. The molecule has 0 aliphatic heterocycles. The summed E-state index contributed by atoms with van der Waals surface area (Å²) in [6.07, 6.45) is 0. The number of anilines is 1. The molecule has 2 N–H and O–H groups in total. The molecule has 1 rings (SSSR count). The van der Waals surface area contributed by atoms with Gasteiger partial charge in [-0.15, -0.1) is 0 Å². The molecule has 0 heterocycles. The monoisotopic (exact) mass is 235 g/mol. The summed E-state index contributed by atoms with van der Waals surface area (Å²) in [6, 6.07) is 5.30. The van der Waals surface area contributed by atoms with Crippen LogP contribution in [0, 0.1) is 0 Å². The Morgan fingerprint density at radius 3 is 2.27 bits per heavy atom. The van der Waals surface area contributed by atoms with E-state index in [-0.39, 0.29) is 0 Å². The highest BCUT2D eigenvalue weighted by Gasteiger charge is 1.92. The second-order valence-electron chi connectivity index (χ2n) is 1.67. The molecule has 0 unspecified atom stereocenters. The molecule has 1 nitrogen and oxygen atoms in total. The van der Waals surface area contributed by atoms with Gasteiger partial charge in [-0.1, -0.05) is 25.4 Å². The van der Waals surface area contributed by atoms with Gasteiger partial charge in [-0.25, -0.2) is 0 Å². The van der Waals surface area contributed by atoms with Crippen molar-refractivity contribution in [2.75, 3.05) is 5.73 Å². The number of nitrogens with two attached hydrogens (primary N) is 1. The molecule has 0 radical (unpaired) electrons. The van der Waals surface area contributed by atoms with Crippen LogP contribution in [0.15, 0.2) is 22.7 Å². The van der Waals surface area contributed by atoms with Crippen LogP contribution in [-0.2, 0) is 0 Å². The molecule has 0 atom stereocenters. The van der Waals surface area contributed by atoms with Crippen LogP contribution in [0.2, 0.25) is 5.02 Å². The van der Waals surface area contributed by atoms with E-state index >= 15 is 0 Å². The average Bonchev–Trinajstić information content (AvgIpc) is 2.02. The van der Waals surface area contributed by atoms with Crippen LogP contribution >= 0.6 is 27.5 Å². The summed E-state index contributed by atoms with van der Waals surface area (Å²) in [5.41, 5.74) is 6.16. The van der Waals surface area contributed by atoms with Crippen molar-refractivity contribution in [1.29, 1.82) is 0 Å². The van der Waals surface area contributed by atoms with Crippen LogP contribution in [0.3, 0.4) is 0 Å². The van der Waals surface area contributed by atoms with E-state index in [4.69, 9.17) is 17.3 Å². The molecule has 0 aliphatic rings. The highest BCUT2D eigenvalue weighted by molar-refractivity contribution is 9.10. The molecule has 0 spiro atoms. The quantitative estimate of drug-likeness (QED) is 0.683. The Bertz CT molecular complexity index is 225. The standard InChI is InChI=1S/C6H5BrClN.C2H6/c7-5-2-1-4(8)3-6(5)9;1-2/h1-3H,9H2;1-2H3. The summed E-state index contributed by atoms with van der Waals surface area (Å²) in [6.45, 7) is 4.00. The maximum atomic E-state index is 5.62. The fraction of sp³-hybridized carbons (Fsp3) is 0.250. The first-order valence-electron chi connectivity index (χ1n) is 3.40. The summed E-state index contributed by atoms with van der Waals surface area (Å²) < 4.78 is 0.881. The zero-order valence-electron chi connectivity index (χ0n) is 6.57. The molecule has 3 heteroatoms. The maximum absolute atomic E-state index is 5.62. The molecular formula is C8H11BrClN. The first kappa shape index (κ1) is 10.8. The molecule has 1 aromatic carbocycles. The number of hydrogen-bond donors (Lipinski definition) is 1. The number of rotatable bonds is 0. The topological polar surface area (TPSA) is 26.0 Å². The SMILES string of the molecule is CC.Nc1cc(Cl)ccc1Br. The Morgan fingerprint density at radius 1 is 1.36 bits per heavy atom. The largest absolute Gasteiger partial charge is 0.398 e. The van der Waals surface area contributed by atoms with Gasteiger partial charge in [0.15, 0.2) is 0 Å². The van der Waals surface area contributed by atoms with Crippen molar-refractivity contribution in [1.82, 2.24) is 0 Å². The summed E-state index contributed by atoms with van der Waals surface area (Å²) in [5.74, 6) is 0. The van der Waals surface area contributed by atoms with E-state index in [1.54, 1.807) is 12.1 Å². The number of halogens is 2. The summed E-state index contributed by atoms with van der Waals surface area (Å²) in [4.78, 5) is 0. The number of hydrogen-bond acceptors (Lipinski definition) is 1. The third-order valence-corrected chi connectivity index (χ3v) is 1.92. The zero-order valence-corrected chi connectivity index (χ0v) is 8.91. The Morgan fingerprint density at radius 2 is 1.91 bits per heavy atom. The van der Waals surface area contributed by atoms with Crippen molar-refractivity contribution in [3.63, 3.8) is 0 Å². The van der Waals surface area contributed by atoms with Gasteiger partial charge in [0, 0.05) is 15.2 Å². The van der Waals surface area contributed by atoms with Gasteiger partial charge in [-0.2, -0.15) is 0 Å². The minimum absolute atomic E-state index is 0.663. The lowest BCUT2D eigenvalue weighted by Gasteiger charge is -1.95. The van der Waals surface area contributed by atoms with E-state index in [0.717, 1.165) is 4.47 Å². The molecule has 0 saturated carbocycles. The molecule has 1 aromatic rings. The molecule has 0 saturated heterocycles. The van der Waals surface area contributed by atoms with Gasteiger partial charge in [-0.05, 0) is 34.1 Å². The van der Waals surface area contributed by atoms with Crippen molar-refractivity contribution in [2.24, 2.45) is 0 Å². The minimum Gasteiger partial charge on any atom is -0.398 e. The Balaban J connectivity index is 0.000000461. The van der Waals surface area contributed by atoms with E-state index in [1.807, 2.05) is 19.9 Å². The van der Waals surface area contributed by atoms with Gasteiger partial charge < -0.3 is 5.73 Å². The summed E-state index contributed by atoms with van der Waals surface area (Å²) in [5, 5.41) is 0.663. The fourth-order valence-corrected chi connectivity index (χ4v) is 0.942. The predicted molar refractivity (Wildman–Crippen MR) is 54.9 cm³/mol. The van der Waals surface area contributed by atoms with Gasteiger partial charge >= 0.3 is 0 Å². The highest BCUT2D eigenvalue weighted by atomic mass is 79.9. The van der Waals surface area contributed by atoms with Gasteiger partial charge in [0.25, 0.3) is 0 Å². The van der Waals surface area contributed by atoms with Crippen LogP contribution in [0.25, 0.3) is 0 Å². The second kappa shape index (κ2) is 5.44. The van der Waals surface area contributed by atoms with Crippen LogP contribution < -0.4 is 5.73 Å². The molecule has 0 aromatic heterocycles. The Kier molecular flexibility index (Phi) is 5.34. The van der Waals surface area contributed by atoms with Crippen LogP contribution in [0.5, 0.6) is 0 Å². The van der Waals surface area contributed by atoms with Crippen molar-refractivity contribution >= 4 is 33.2 Å². The molecule has 11 heavy (non-hydrogen) atoms. The van der Waals surface area contributed by atoms with E-state index < -0.39 is 0 Å². The van der Waals surface area contributed by atoms with Gasteiger partial charge in [0.1, 0.15) is 0 Å². The van der Waals surface area contributed by atoms with Crippen molar-refractivity contribution in [3.05, 3.63) is 27.7 Å². The first-order chi connectivity index (χ1) is 5.20. The van der Waals surface area contributed by atoms with Crippen molar-refractivity contribution in [3.8, 4) is 0 Å². The zero-order chi connectivity index (χ0) is 8.85. The molecule has 0 fully saturated rings. The predicted octanol–water partition coefficient (Wildman–Crippen LogP) is 3.71. The van der Waals surface area contributed by atoms with E-state index in [0.29, 0.717) is 10.7 Å². The number of benzene rings is 1. The second-order valence-corrected chi connectivity index (χ2v) is 2.96. The Hall–Kier alpha value is -0.210. The lowest BCUT2D eigenvalue weighted by Crippen LogP contribution is -1.84. The normalized spacial score (nSPS) is 8.36. The van der Waals surface area contributed by atoms with Crippen LogP contribution in [-0.4, -0.2) is 0 Å².